The summed E-state index contributed by atoms with van der Waals surface area (Å²) in [5.41, 5.74) is -2.24. The third-order valence-corrected chi connectivity index (χ3v) is 30.4. The molecule has 64 heavy (non-hydrogen) atoms. The molecule has 8 saturated carbocycles. The number of Topliss-reactive ketones (excluding diaryl/α,β-unsaturated/α-hetero) is 4. The van der Waals surface area contributed by atoms with E-state index in [9.17, 15) is 29.4 Å². The lowest BCUT2D eigenvalue weighted by molar-refractivity contribution is -0.202. The molecule has 2 aliphatic heterocycles. The number of hydrogen-bond donors (Lipinski definition) is 2. The molecule has 0 aromatic heterocycles. The zero-order chi connectivity index (χ0) is 46.6. The van der Waals surface area contributed by atoms with Crippen LogP contribution in [-0.2, 0) is 37.5 Å². The Morgan fingerprint density at radius 3 is 1.30 bits per heavy atom. The van der Waals surface area contributed by atoms with Crippen molar-refractivity contribution in [3.63, 3.8) is 0 Å². The topological polar surface area (TPSA) is 146 Å². The minimum absolute atomic E-state index is 0.000274. The summed E-state index contributed by atoms with van der Waals surface area (Å²) in [6.45, 7) is 27.8. The molecule has 0 aromatic carbocycles. The first-order chi connectivity index (χ1) is 29.5. The van der Waals surface area contributed by atoms with Gasteiger partial charge in [-0.3, -0.25) is 19.2 Å². The van der Waals surface area contributed by atoms with Crippen LogP contribution in [-0.4, -0.2) is 86.6 Å². The van der Waals surface area contributed by atoms with Gasteiger partial charge in [-0.2, -0.15) is 0 Å². The van der Waals surface area contributed by atoms with E-state index in [4.69, 9.17) is 18.3 Å². The van der Waals surface area contributed by atoms with Gasteiger partial charge in [0.1, 0.15) is 23.1 Å². The minimum Gasteiger partial charge on any atom is -0.501 e. The Bertz CT molecular complexity index is 1920. The van der Waals surface area contributed by atoms with Gasteiger partial charge in [-0.1, -0.05) is 41.5 Å². The zero-order valence-electron chi connectivity index (χ0n) is 41.2. The second-order valence-corrected chi connectivity index (χ2v) is 35.9. The molecule has 12 heteroatoms. The van der Waals surface area contributed by atoms with Crippen LogP contribution in [0.25, 0.3) is 0 Å². The number of carbonyl (C=O) groups is 4. The molecule has 0 radical (unpaired) electrons. The maximum atomic E-state index is 13.7. The second kappa shape index (κ2) is 14.8. The average molecular weight is 921 g/mol. The quantitative estimate of drug-likeness (QED) is 0.262. The van der Waals surface area contributed by atoms with Crippen LogP contribution in [0.4, 0.5) is 0 Å². The number of fused-ring (bicyclic) bond motifs is 4. The van der Waals surface area contributed by atoms with Crippen LogP contribution in [0.5, 0.6) is 0 Å². The highest BCUT2D eigenvalue weighted by atomic mass is 28.4. The van der Waals surface area contributed by atoms with Gasteiger partial charge in [0.2, 0.25) is 0 Å². The number of aliphatic hydroxyl groups is 2. The van der Waals surface area contributed by atoms with Crippen LogP contribution >= 0.6 is 0 Å². The maximum Gasteiger partial charge on any atom is 0.192 e. The molecular formula is C52H80O10Si2. The fourth-order valence-electron chi connectivity index (χ4n) is 15.6. The minimum atomic E-state index is -1.89. The van der Waals surface area contributed by atoms with Crippen LogP contribution < -0.4 is 0 Å². The van der Waals surface area contributed by atoms with Crippen molar-refractivity contribution in [3.05, 3.63) is 23.7 Å². The molecule has 2 spiro atoms. The molecule has 8 aliphatic carbocycles. The summed E-state index contributed by atoms with van der Waals surface area (Å²) < 4.78 is 25.7. The van der Waals surface area contributed by atoms with E-state index in [-0.39, 0.29) is 79.9 Å². The Morgan fingerprint density at radius 1 is 0.594 bits per heavy atom. The van der Waals surface area contributed by atoms with Crippen LogP contribution in [0.1, 0.15) is 145 Å². The number of carbonyl (C=O) groups excluding carboxylic acids is 4. The summed E-state index contributed by atoms with van der Waals surface area (Å²) in [5.74, 6) is -0.0172. The van der Waals surface area contributed by atoms with Gasteiger partial charge in [-0.25, -0.2) is 0 Å². The van der Waals surface area contributed by atoms with Crippen molar-refractivity contribution in [1.29, 1.82) is 0 Å². The van der Waals surface area contributed by atoms with Gasteiger partial charge in [-0.05, 0) is 137 Å². The zero-order valence-corrected chi connectivity index (χ0v) is 43.2. The highest BCUT2D eigenvalue weighted by Crippen LogP contribution is 2.71. The van der Waals surface area contributed by atoms with Crippen molar-refractivity contribution in [1.82, 2.24) is 0 Å². The smallest absolute Gasteiger partial charge is 0.192 e. The van der Waals surface area contributed by atoms with Crippen LogP contribution in [0.15, 0.2) is 23.7 Å². The number of rotatable bonds is 4. The van der Waals surface area contributed by atoms with Gasteiger partial charge in [-0.15, -0.1) is 0 Å². The Morgan fingerprint density at radius 2 is 0.953 bits per heavy atom. The summed E-state index contributed by atoms with van der Waals surface area (Å²) in [6, 6.07) is 0. The van der Waals surface area contributed by atoms with Gasteiger partial charge in [0.05, 0.1) is 59.6 Å². The summed E-state index contributed by atoms with van der Waals surface area (Å²) >= 11 is 0. The molecule has 14 atom stereocenters. The predicted molar refractivity (Wildman–Crippen MR) is 249 cm³/mol. The van der Waals surface area contributed by atoms with E-state index in [2.05, 4.69) is 67.7 Å². The van der Waals surface area contributed by atoms with Crippen molar-refractivity contribution >= 4 is 39.8 Å². The normalized spacial score (nSPS) is 46.0. The lowest BCUT2D eigenvalue weighted by Crippen LogP contribution is -2.68. The van der Waals surface area contributed by atoms with E-state index in [0.29, 0.717) is 64.6 Å². The fraction of sp³-hybridized carbons (Fsp3) is 0.846. The van der Waals surface area contributed by atoms with Crippen LogP contribution in [0.3, 0.4) is 0 Å². The molecule has 2 heterocycles. The van der Waals surface area contributed by atoms with Crippen molar-refractivity contribution in [2.45, 2.75) is 205 Å². The molecule has 0 unspecified atom stereocenters. The van der Waals surface area contributed by atoms with Crippen molar-refractivity contribution in [2.24, 2.45) is 57.2 Å². The van der Waals surface area contributed by atoms with E-state index >= 15 is 0 Å². The standard InChI is InChI=1S/2C26H40O5Si/c2*1-23(2,3)32(5,6)31-18-7-9-25-15-30-14-16-13-24(4)20(28)8-10-26(24,29)22(21(16)25)19(27)12-17(25)11-18/h2*14,17-18,21-22,29H,7-13,15H2,1-6H3/t2*17-,18+,21+,22-,24+,25-,26-/m11/s1. The molecular weight excluding hydrogens is 841 g/mol. The van der Waals surface area contributed by atoms with Gasteiger partial charge in [0.25, 0.3) is 0 Å². The van der Waals surface area contributed by atoms with Crippen molar-refractivity contribution < 1.29 is 47.7 Å². The summed E-state index contributed by atoms with van der Waals surface area (Å²) in [4.78, 5) is 53.1. The fourth-order valence-corrected chi connectivity index (χ4v) is 18.4. The van der Waals surface area contributed by atoms with E-state index in [1.807, 2.05) is 26.4 Å². The molecule has 0 saturated heterocycles. The lowest BCUT2D eigenvalue weighted by atomic mass is 9.41. The highest BCUT2D eigenvalue weighted by Gasteiger charge is 2.74. The summed E-state index contributed by atoms with van der Waals surface area (Å²) in [6.07, 6.45) is 13.3. The van der Waals surface area contributed by atoms with E-state index in [0.717, 1.165) is 49.7 Å². The Labute approximate surface area is 385 Å². The Hall–Kier alpha value is -1.97. The first-order valence-electron chi connectivity index (χ1n) is 25.0. The molecule has 8 fully saturated rings. The summed E-state index contributed by atoms with van der Waals surface area (Å²) in [5, 5.41) is 24.1. The van der Waals surface area contributed by atoms with Crippen LogP contribution in [0.2, 0.25) is 36.3 Å². The van der Waals surface area contributed by atoms with E-state index in [1.54, 1.807) is 0 Å². The highest BCUT2D eigenvalue weighted by molar-refractivity contribution is 6.74. The molecule has 0 bridgehead atoms. The van der Waals surface area contributed by atoms with E-state index in [1.165, 1.54) is 0 Å². The van der Waals surface area contributed by atoms with Gasteiger partial charge in [0.15, 0.2) is 16.6 Å². The Kier molecular flexibility index (Phi) is 10.9. The predicted octanol–water partition coefficient (Wildman–Crippen LogP) is 9.57. The first kappa shape index (κ1) is 47.1. The van der Waals surface area contributed by atoms with Gasteiger partial charge in [0, 0.05) is 60.6 Å². The largest absolute Gasteiger partial charge is 0.501 e. The van der Waals surface area contributed by atoms with Crippen molar-refractivity contribution in [3.8, 4) is 0 Å². The molecule has 0 amide bonds. The van der Waals surface area contributed by atoms with Crippen LogP contribution in [0, 0.1) is 57.2 Å². The van der Waals surface area contributed by atoms with E-state index < -0.39 is 50.5 Å². The second-order valence-electron chi connectivity index (χ2n) is 26.4. The maximum absolute atomic E-state index is 13.7. The van der Waals surface area contributed by atoms with Gasteiger partial charge >= 0.3 is 0 Å². The molecule has 10 nitrogen and oxygen atoms in total. The van der Waals surface area contributed by atoms with Gasteiger partial charge < -0.3 is 28.5 Å². The molecule has 10 aliphatic rings. The third kappa shape index (κ3) is 6.45. The molecule has 2 N–H and O–H groups in total. The lowest BCUT2D eigenvalue weighted by Gasteiger charge is -2.64. The molecule has 0 aromatic rings. The summed E-state index contributed by atoms with van der Waals surface area (Å²) in [7, 11) is -3.77. The number of ketones is 4. The third-order valence-electron chi connectivity index (χ3n) is 21.3. The Balaban J connectivity index is 0.000000162. The molecule has 356 valence electrons. The SMILES string of the molecule is CC(C)(C)[Si](C)(C)O[C@H]1CC[C@@]23COC=C4C[C@@]5(C)C(=O)CC[C@@]5(O)[C@H](C(=O)C[C@H]2C1)[C@H]43.CC(C)(C)[Si](C)(C)O[C@H]1CC[C@@]23COC=C4C[C@@]5(C)C(=O)CC[C@@]5(O)[C@H](C(=O)C[C@H]2C1)[C@H]43. The number of ether oxygens (including phenoxy) is 2. The van der Waals surface area contributed by atoms with Crippen molar-refractivity contribution in [2.75, 3.05) is 13.2 Å². The number of allylic oxidation sites excluding steroid dienone is 2. The number of hydrogen-bond acceptors (Lipinski definition) is 10. The monoisotopic (exact) mass is 921 g/mol. The average Bonchev–Trinajstić information content (AvgIpc) is 3.57. The first-order valence-corrected chi connectivity index (χ1v) is 30.9. The molecule has 10 rings (SSSR count).